The first-order valence-corrected chi connectivity index (χ1v) is 6.34. The Labute approximate surface area is 104 Å². The van der Waals surface area contributed by atoms with Crippen LogP contribution in [0.3, 0.4) is 0 Å². The van der Waals surface area contributed by atoms with Crippen molar-refractivity contribution in [2.45, 2.75) is 31.8 Å². The highest BCUT2D eigenvalue weighted by Gasteiger charge is 2.37. The number of carbonyl (C=O) groups is 1. The maximum absolute atomic E-state index is 11.1. The molecule has 0 amide bonds. The molecule has 1 aromatic heterocycles. The van der Waals surface area contributed by atoms with Crippen molar-refractivity contribution in [1.82, 2.24) is 4.37 Å². The van der Waals surface area contributed by atoms with Crippen LogP contribution in [0, 0.1) is 6.92 Å². The van der Waals surface area contributed by atoms with Crippen LogP contribution in [0.2, 0.25) is 0 Å². The van der Waals surface area contributed by atoms with Crippen molar-refractivity contribution in [1.29, 1.82) is 0 Å². The molecule has 6 heteroatoms. The number of carboxylic acids is 1. The van der Waals surface area contributed by atoms with E-state index in [9.17, 15) is 4.79 Å². The first-order valence-electron chi connectivity index (χ1n) is 5.56. The summed E-state index contributed by atoms with van der Waals surface area (Å²) in [5.74, 6) is -0.932. The number of methoxy groups -OCH3 is 1. The number of carboxylic acid groups (broad SMARTS) is 1. The molecular weight excluding hydrogens is 240 g/mol. The molecular formula is C11H16N2O3S. The number of nitrogens with zero attached hydrogens (tertiary/aromatic N) is 1. The van der Waals surface area contributed by atoms with Gasteiger partial charge in [-0.15, -0.1) is 0 Å². The van der Waals surface area contributed by atoms with Gasteiger partial charge in [0.05, 0.1) is 11.3 Å². The van der Waals surface area contributed by atoms with Gasteiger partial charge < -0.3 is 15.2 Å². The molecule has 2 N–H and O–H groups in total. The van der Waals surface area contributed by atoms with Gasteiger partial charge in [0.15, 0.2) is 0 Å². The quantitative estimate of drug-likeness (QED) is 0.844. The highest BCUT2D eigenvalue weighted by Crippen LogP contribution is 2.36. The Morgan fingerprint density at radius 3 is 2.82 bits per heavy atom. The van der Waals surface area contributed by atoms with Gasteiger partial charge in [0, 0.05) is 13.7 Å². The number of aryl methyl sites for hydroxylation is 1. The second-order valence-electron chi connectivity index (χ2n) is 4.37. The van der Waals surface area contributed by atoms with Crippen molar-refractivity contribution >= 4 is 22.5 Å². The maximum atomic E-state index is 11.1. The van der Waals surface area contributed by atoms with Gasteiger partial charge in [0.1, 0.15) is 10.6 Å². The Morgan fingerprint density at radius 2 is 2.35 bits per heavy atom. The van der Waals surface area contributed by atoms with Crippen molar-refractivity contribution < 1.29 is 14.6 Å². The van der Waals surface area contributed by atoms with Crippen LogP contribution in [0.5, 0.6) is 0 Å². The molecule has 1 aliphatic rings. The third-order valence-corrected chi connectivity index (χ3v) is 4.24. The normalized spacial score (nSPS) is 17.5. The number of nitrogens with one attached hydrogen (secondary N) is 1. The summed E-state index contributed by atoms with van der Waals surface area (Å²) in [5.41, 5.74) is 0.721. The molecule has 0 saturated heterocycles. The standard InChI is InChI=1S/C11H16N2O3S/c1-7-8(10(14)15)9(17-13-7)12-6-11(16-2)4-3-5-11/h12H,3-6H2,1-2H3,(H,14,15). The third kappa shape index (κ3) is 2.28. The first kappa shape index (κ1) is 12.3. The number of anilines is 1. The van der Waals surface area contributed by atoms with Crippen molar-refractivity contribution in [2.24, 2.45) is 0 Å². The van der Waals surface area contributed by atoms with E-state index in [2.05, 4.69) is 9.69 Å². The molecule has 1 heterocycles. The molecule has 0 aromatic carbocycles. The van der Waals surface area contributed by atoms with Crippen LogP contribution in [0.15, 0.2) is 0 Å². The molecule has 0 atom stereocenters. The minimum Gasteiger partial charge on any atom is -0.478 e. The van der Waals surface area contributed by atoms with Crippen LogP contribution in [-0.4, -0.2) is 34.7 Å². The molecule has 1 aliphatic carbocycles. The smallest absolute Gasteiger partial charge is 0.340 e. The molecule has 1 saturated carbocycles. The number of hydrogen-bond donors (Lipinski definition) is 2. The Morgan fingerprint density at radius 1 is 1.65 bits per heavy atom. The highest BCUT2D eigenvalue weighted by atomic mass is 32.1. The average Bonchev–Trinajstić information content (AvgIpc) is 2.59. The fourth-order valence-electron chi connectivity index (χ4n) is 2.01. The molecule has 1 fully saturated rings. The zero-order chi connectivity index (χ0) is 12.5. The summed E-state index contributed by atoms with van der Waals surface area (Å²) in [6, 6.07) is 0. The minimum atomic E-state index is -0.932. The number of aromatic nitrogens is 1. The molecule has 94 valence electrons. The number of aromatic carboxylic acids is 1. The van der Waals surface area contributed by atoms with E-state index in [-0.39, 0.29) is 11.2 Å². The van der Waals surface area contributed by atoms with E-state index in [4.69, 9.17) is 9.84 Å². The lowest BCUT2D eigenvalue weighted by Gasteiger charge is -2.40. The van der Waals surface area contributed by atoms with Crippen molar-refractivity contribution in [3.8, 4) is 0 Å². The van der Waals surface area contributed by atoms with Crippen LogP contribution < -0.4 is 5.32 Å². The number of rotatable bonds is 5. The Bertz CT molecular complexity index is 421. The molecule has 0 radical (unpaired) electrons. The lowest BCUT2D eigenvalue weighted by atomic mass is 9.80. The van der Waals surface area contributed by atoms with Gasteiger partial charge in [0.2, 0.25) is 0 Å². The number of ether oxygens (including phenoxy) is 1. The van der Waals surface area contributed by atoms with Crippen LogP contribution in [0.25, 0.3) is 0 Å². The maximum Gasteiger partial charge on any atom is 0.340 e. The van der Waals surface area contributed by atoms with Crippen LogP contribution in [0.4, 0.5) is 5.00 Å². The Balaban J connectivity index is 2.06. The summed E-state index contributed by atoms with van der Waals surface area (Å²) >= 11 is 1.19. The van der Waals surface area contributed by atoms with E-state index in [1.54, 1.807) is 14.0 Å². The van der Waals surface area contributed by atoms with E-state index in [1.807, 2.05) is 0 Å². The predicted octanol–water partition coefficient (Wildman–Crippen LogP) is 2.13. The fourth-order valence-corrected chi connectivity index (χ4v) is 2.79. The lowest BCUT2D eigenvalue weighted by molar-refractivity contribution is -0.0600. The molecule has 0 spiro atoms. The summed E-state index contributed by atoms with van der Waals surface area (Å²) < 4.78 is 9.54. The third-order valence-electron chi connectivity index (χ3n) is 3.35. The molecule has 2 rings (SSSR count). The fraction of sp³-hybridized carbons (Fsp3) is 0.636. The van der Waals surface area contributed by atoms with Gasteiger partial charge in [-0.25, -0.2) is 4.79 Å². The summed E-state index contributed by atoms with van der Waals surface area (Å²) in [6.45, 7) is 2.35. The van der Waals surface area contributed by atoms with Gasteiger partial charge in [-0.1, -0.05) is 0 Å². The summed E-state index contributed by atoms with van der Waals surface area (Å²) in [7, 11) is 1.71. The predicted molar refractivity (Wildman–Crippen MR) is 65.9 cm³/mol. The van der Waals surface area contributed by atoms with Gasteiger partial charge in [0.25, 0.3) is 0 Å². The largest absolute Gasteiger partial charge is 0.478 e. The van der Waals surface area contributed by atoms with E-state index < -0.39 is 5.97 Å². The zero-order valence-electron chi connectivity index (χ0n) is 9.95. The topological polar surface area (TPSA) is 71.5 Å². The van der Waals surface area contributed by atoms with Crippen LogP contribution >= 0.6 is 11.5 Å². The molecule has 0 bridgehead atoms. The van der Waals surface area contributed by atoms with E-state index in [0.717, 1.165) is 12.8 Å². The Hall–Kier alpha value is -1.14. The molecule has 1 aromatic rings. The number of hydrogen-bond acceptors (Lipinski definition) is 5. The highest BCUT2D eigenvalue weighted by molar-refractivity contribution is 7.10. The van der Waals surface area contributed by atoms with Gasteiger partial charge in [-0.05, 0) is 37.7 Å². The second kappa shape index (κ2) is 4.62. The van der Waals surface area contributed by atoms with E-state index in [1.165, 1.54) is 18.0 Å². The van der Waals surface area contributed by atoms with E-state index in [0.29, 0.717) is 17.2 Å². The second-order valence-corrected chi connectivity index (χ2v) is 5.14. The Kier molecular flexibility index (Phi) is 3.35. The zero-order valence-corrected chi connectivity index (χ0v) is 10.8. The summed E-state index contributed by atoms with van der Waals surface area (Å²) in [5, 5.41) is 12.9. The molecule has 0 unspecified atom stereocenters. The van der Waals surface area contributed by atoms with Crippen molar-refractivity contribution in [2.75, 3.05) is 19.0 Å². The minimum absolute atomic E-state index is 0.117. The van der Waals surface area contributed by atoms with E-state index >= 15 is 0 Å². The monoisotopic (exact) mass is 256 g/mol. The van der Waals surface area contributed by atoms with Crippen LogP contribution in [-0.2, 0) is 4.74 Å². The van der Waals surface area contributed by atoms with Crippen LogP contribution in [0.1, 0.15) is 35.3 Å². The van der Waals surface area contributed by atoms with Gasteiger partial charge in [-0.2, -0.15) is 4.37 Å². The lowest BCUT2D eigenvalue weighted by Crippen LogP contribution is -2.45. The molecule has 17 heavy (non-hydrogen) atoms. The SMILES string of the molecule is COC1(CNc2snc(C)c2C(=O)O)CCC1. The average molecular weight is 256 g/mol. The van der Waals surface area contributed by atoms with Gasteiger partial charge in [-0.3, -0.25) is 0 Å². The molecule has 0 aliphatic heterocycles. The summed E-state index contributed by atoms with van der Waals surface area (Å²) in [6.07, 6.45) is 3.22. The van der Waals surface area contributed by atoms with Crippen molar-refractivity contribution in [3.63, 3.8) is 0 Å². The van der Waals surface area contributed by atoms with Gasteiger partial charge >= 0.3 is 5.97 Å². The molecule has 5 nitrogen and oxygen atoms in total. The van der Waals surface area contributed by atoms with Crippen molar-refractivity contribution in [3.05, 3.63) is 11.3 Å². The summed E-state index contributed by atoms with van der Waals surface area (Å²) in [4.78, 5) is 11.1. The first-order chi connectivity index (χ1) is 8.08.